The second-order valence-electron chi connectivity index (χ2n) is 7.84. The van der Waals surface area contributed by atoms with Crippen molar-refractivity contribution in [3.63, 3.8) is 0 Å². The molecule has 1 aliphatic carbocycles. The monoisotopic (exact) mass is 407 g/mol. The summed E-state index contributed by atoms with van der Waals surface area (Å²) in [6.45, 7) is 3.36. The third-order valence-corrected chi connectivity index (χ3v) is 5.95. The molecule has 2 aliphatic rings. The third-order valence-electron chi connectivity index (χ3n) is 5.95. The van der Waals surface area contributed by atoms with Crippen LogP contribution in [0.3, 0.4) is 0 Å². The Hall–Kier alpha value is -3.29. The van der Waals surface area contributed by atoms with Gasteiger partial charge in [-0.2, -0.15) is 4.98 Å². The van der Waals surface area contributed by atoms with Crippen molar-refractivity contribution < 1.29 is 13.7 Å². The predicted molar refractivity (Wildman–Crippen MR) is 111 cm³/mol. The minimum Gasteiger partial charge on any atom is -0.467 e. The highest BCUT2D eigenvalue weighted by Crippen LogP contribution is 2.36. The topological polar surface area (TPSA) is 87.6 Å². The molecule has 5 rings (SSSR count). The Morgan fingerprint density at radius 2 is 1.90 bits per heavy atom. The molecule has 0 radical (unpaired) electrons. The first-order valence-electron chi connectivity index (χ1n) is 10.5. The van der Waals surface area contributed by atoms with Gasteiger partial charge in [-0.25, -0.2) is 4.79 Å². The van der Waals surface area contributed by atoms with Crippen molar-refractivity contribution in [3.05, 3.63) is 54.3 Å². The van der Waals surface area contributed by atoms with E-state index in [2.05, 4.69) is 32.5 Å². The van der Waals surface area contributed by atoms with E-state index in [9.17, 15) is 4.79 Å². The molecule has 3 heterocycles. The fraction of sp³-hybridized carbons (Fsp3) is 0.409. The second kappa shape index (κ2) is 8.22. The van der Waals surface area contributed by atoms with Crippen LogP contribution in [0.4, 0.5) is 10.5 Å². The summed E-state index contributed by atoms with van der Waals surface area (Å²) in [6, 6.07) is 11.9. The van der Waals surface area contributed by atoms with E-state index in [-0.39, 0.29) is 6.03 Å². The van der Waals surface area contributed by atoms with E-state index >= 15 is 0 Å². The molecule has 1 aromatic carbocycles. The van der Waals surface area contributed by atoms with Gasteiger partial charge in [0, 0.05) is 43.3 Å². The number of carbonyl (C=O) groups is 1. The van der Waals surface area contributed by atoms with Crippen LogP contribution in [0, 0.1) is 0 Å². The molecular formula is C22H25N5O3. The molecule has 0 atom stereocenters. The molecule has 1 N–H and O–H groups in total. The number of aromatic nitrogens is 2. The highest BCUT2D eigenvalue weighted by Gasteiger charge is 2.26. The largest absolute Gasteiger partial charge is 0.467 e. The number of benzene rings is 1. The fourth-order valence-electron chi connectivity index (χ4n) is 3.85. The van der Waals surface area contributed by atoms with Crippen LogP contribution in [0.2, 0.25) is 0 Å². The Balaban J connectivity index is 1.14. The van der Waals surface area contributed by atoms with Gasteiger partial charge in [0.15, 0.2) is 0 Å². The van der Waals surface area contributed by atoms with Gasteiger partial charge < -0.3 is 24.1 Å². The lowest BCUT2D eigenvalue weighted by molar-refractivity contribution is 0.193. The first-order chi connectivity index (χ1) is 14.8. The van der Waals surface area contributed by atoms with Gasteiger partial charge in [0.2, 0.25) is 11.7 Å². The van der Waals surface area contributed by atoms with Gasteiger partial charge in [-0.15, -0.1) is 0 Å². The van der Waals surface area contributed by atoms with Crippen LogP contribution in [0.5, 0.6) is 0 Å². The zero-order valence-electron chi connectivity index (χ0n) is 16.8. The maximum Gasteiger partial charge on any atom is 0.317 e. The number of nitrogens with one attached hydrogen (secondary N) is 1. The minimum absolute atomic E-state index is 0.0548. The number of rotatable bonds is 5. The molecule has 2 fully saturated rings. The average molecular weight is 407 g/mol. The van der Waals surface area contributed by atoms with Crippen LogP contribution in [0.15, 0.2) is 51.6 Å². The van der Waals surface area contributed by atoms with Crippen LogP contribution in [0.1, 0.15) is 36.8 Å². The molecule has 156 valence electrons. The van der Waals surface area contributed by atoms with E-state index in [0.29, 0.717) is 31.4 Å². The van der Waals surface area contributed by atoms with E-state index < -0.39 is 0 Å². The SMILES string of the molecule is O=C(NCc1ccco1)N1CCN(c2ccc(-c3noc(C4CCC4)n3)cc2)CC1. The van der Waals surface area contributed by atoms with Crippen LogP contribution in [-0.2, 0) is 6.54 Å². The van der Waals surface area contributed by atoms with E-state index in [1.54, 1.807) is 6.26 Å². The zero-order valence-corrected chi connectivity index (χ0v) is 16.8. The summed E-state index contributed by atoms with van der Waals surface area (Å²) in [5, 5.41) is 7.04. The highest BCUT2D eigenvalue weighted by molar-refractivity contribution is 5.74. The van der Waals surface area contributed by atoms with Gasteiger partial charge in [0.05, 0.1) is 12.8 Å². The van der Waals surface area contributed by atoms with Crippen molar-refractivity contribution in [1.82, 2.24) is 20.4 Å². The number of furan rings is 1. The molecule has 8 heteroatoms. The van der Waals surface area contributed by atoms with Crippen molar-refractivity contribution in [1.29, 1.82) is 0 Å². The molecule has 0 bridgehead atoms. The normalized spacial score (nSPS) is 17.1. The number of hydrogen-bond acceptors (Lipinski definition) is 6. The quantitative estimate of drug-likeness (QED) is 0.695. The van der Waals surface area contributed by atoms with Crippen LogP contribution in [0.25, 0.3) is 11.4 Å². The van der Waals surface area contributed by atoms with Crippen molar-refractivity contribution in [2.75, 3.05) is 31.1 Å². The number of piperazine rings is 1. The number of urea groups is 1. The smallest absolute Gasteiger partial charge is 0.317 e. The fourth-order valence-corrected chi connectivity index (χ4v) is 3.85. The number of anilines is 1. The molecular weight excluding hydrogens is 382 g/mol. The van der Waals surface area contributed by atoms with Crippen molar-refractivity contribution >= 4 is 11.7 Å². The van der Waals surface area contributed by atoms with Crippen molar-refractivity contribution in [2.45, 2.75) is 31.7 Å². The molecule has 0 spiro atoms. The predicted octanol–water partition coefficient (Wildman–Crippen LogP) is 3.63. The van der Waals surface area contributed by atoms with E-state index in [0.717, 1.165) is 48.8 Å². The molecule has 30 heavy (non-hydrogen) atoms. The second-order valence-corrected chi connectivity index (χ2v) is 7.84. The van der Waals surface area contributed by atoms with E-state index in [4.69, 9.17) is 8.94 Å². The van der Waals surface area contributed by atoms with Gasteiger partial charge in [-0.05, 0) is 49.2 Å². The van der Waals surface area contributed by atoms with Crippen molar-refractivity contribution in [3.8, 4) is 11.4 Å². The lowest BCUT2D eigenvalue weighted by Gasteiger charge is -2.36. The van der Waals surface area contributed by atoms with Gasteiger partial charge in [0.25, 0.3) is 0 Å². The Labute approximate surface area is 174 Å². The molecule has 0 unspecified atom stereocenters. The zero-order chi connectivity index (χ0) is 20.3. The first-order valence-corrected chi connectivity index (χ1v) is 10.5. The summed E-state index contributed by atoms with van der Waals surface area (Å²) >= 11 is 0. The Kier molecular flexibility index (Phi) is 5.13. The first kappa shape index (κ1) is 18.7. The minimum atomic E-state index is -0.0548. The van der Waals surface area contributed by atoms with Gasteiger partial charge >= 0.3 is 6.03 Å². The summed E-state index contributed by atoms with van der Waals surface area (Å²) in [7, 11) is 0. The third kappa shape index (κ3) is 3.90. The standard InChI is InChI=1S/C22H25N5O3/c28-22(23-15-19-5-2-14-29-19)27-12-10-26(11-13-27)18-8-6-16(7-9-18)20-24-21(30-25-20)17-3-1-4-17/h2,5-9,14,17H,1,3-4,10-13,15H2,(H,23,28). The number of amides is 2. The molecule has 1 saturated heterocycles. The summed E-state index contributed by atoms with van der Waals surface area (Å²) in [5.74, 6) is 2.62. The number of carbonyl (C=O) groups excluding carboxylic acids is 1. The van der Waals surface area contributed by atoms with Gasteiger partial charge in [0.1, 0.15) is 5.76 Å². The summed E-state index contributed by atoms with van der Waals surface area (Å²) in [5.41, 5.74) is 2.10. The molecule has 8 nitrogen and oxygen atoms in total. The Bertz CT molecular complexity index is 971. The van der Waals surface area contributed by atoms with Crippen LogP contribution < -0.4 is 10.2 Å². The van der Waals surface area contributed by atoms with Gasteiger partial charge in [-0.3, -0.25) is 0 Å². The van der Waals surface area contributed by atoms with E-state index in [1.165, 1.54) is 6.42 Å². The summed E-state index contributed by atoms with van der Waals surface area (Å²) in [4.78, 5) is 21.0. The summed E-state index contributed by atoms with van der Waals surface area (Å²) in [6.07, 6.45) is 5.15. The lowest BCUT2D eigenvalue weighted by Crippen LogP contribution is -2.51. The van der Waals surface area contributed by atoms with Crippen LogP contribution >= 0.6 is 0 Å². The Morgan fingerprint density at radius 3 is 2.57 bits per heavy atom. The number of nitrogens with zero attached hydrogens (tertiary/aromatic N) is 4. The average Bonchev–Trinajstić information content (AvgIpc) is 3.44. The molecule has 3 aromatic rings. The molecule has 1 aliphatic heterocycles. The molecule has 2 amide bonds. The molecule has 1 saturated carbocycles. The molecule has 2 aromatic heterocycles. The van der Waals surface area contributed by atoms with Gasteiger partial charge in [-0.1, -0.05) is 11.6 Å². The lowest BCUT2D eigenvalue weighted by atomic mass is 9.85. The maximum absolute atomic E-state index is 12.3. The highest BCUT2D eigenvalue weighted by atomic mass is 16.5. The Morgan fingerprint density at radius 1 is 1.10 bits per heavy atom. The van der Waals surface area contributed by atoms with Crippen molar-refractivity contribution in [2.24, 2.45) is 0 Å². The maximum atomic E-state index is 12.3. The summed E-state index contributed by atoms with van der Waals surface area (Å²) < 4.78 is 10.7. The van der Waals surface area contributed by atoms with E-state index in [1.807, 2.05) is 29.2 Å². The van der Waals surface area contributed by atoms with Crippen LogP contribution in [-0.4, -0.2) is 47.3 Å². The number of hydrogen-bond donors (Lipinski definition) is 1.